The molecule has 0 saturated heterocycles. The fourth-order valence-electron chi connectivity index (χ4n) is 3.32. The molecule has 0 aliphatic rings. The molecule has 2 N–H and O–H groups in total. The molecule has 0 fully saturated rings. The zero-order chi connectivity index (χ0) is 21.3. The minimum atomic E-state index is -3.75. The minimum Gasteiger partial charge on any atom is -0.299 e. The van der Waals surface area contributed by atoms with Gasteiger partial charge in [0.1, 0.15) is 5.82 Å². The van der Waals surface area contributed by atoms with Crippen molar-refractivity contribution in [1.29, 1.82) is 0 Å². The van der Waals surface area contributed by atoms with Crippen LogP contribution in [-0.4, -0.2) is 18.0 Å². The third-order valence-electron chi connectivity index (χ3n) is 5.01. The molecule has 5 nitrogen and oxygen atoms in total. The molecule has 1 unspecified atom stereocenters. The van der Waals surface area contributed by atoms with Crippen molar-refractivity contribution in [3.8, 4) is 17.1 Å². The van der Waals surface area contributed by atoms with E-state index in [9.17, 15) is 8.42 Å². The second kappa shape index (κ2) is 8.07. The summed E-state index contributed by atoms with van der Waals surface area (Å²) in [5, 5.41) is 5.88. The Morgan fingerprint density at radius 1 is 0.933 bits per heavy atom. The fraction of sp³-hybridized carbons (Fsp3) is 0.0870. The smallest absolute Gasteiger partial charge is 0.238 e. The molecule has 0 aliphatic heterocycles. The van der Waals surface area contributed by atoms with Crippen molar-refractivity contribution in [2.45, 2.75) is 17.7 Å². The average Bonchev–Trinajstić information content (AvgIpc) is 3.19. The molecule has 0 amide bonds. The van der Waals surface area contributed by atoms with Crippen molar-refractivity contribution in [3.05, 3.63) is 101 Å². The number of rotatable bonds is 5. The van der Waals surface area contributed by atoms with Gasteiger partial charge in [-0.05, 0) is 54.1 Å². The van der Waals surface area contributed by atoms with Gasteiger partial charge in [0.05, 0.1) is 10.6 Å². The van der Waals surface area contributed by atoms with Gasteiger partial charge < -0.3 is 0 Å². The first kappa shape index (κ1) is 20.3. The van der Waals surface area contributed by atoms with Crippen molar-refractivity contribution in [2.75, 3.05) is 0 Å². The SMILES string of the molecule is CC(c1ccccc1)c1cn(-c2ccc(Cl)cc2)c(-c2ccc(S(N)(=O)=O)cc2)n1. The van der Waals surface area contributed by atoms with Crippen LogP contribution in [0.1, 0.15) is 24.1 Å². The molecule has 4 aromatic rings. The zero-order valence-corrected chi connectivity index (χ0v) is 17.8. The minimum absolute atomic E-state index is 0.0636. The lowest BCUT2D eigenvalue weighted by Gasteiger charge is -2.08. The molecule has 7 heteroatoms. The van der Waals surface area contributed by atoms with E-state index in [1.807, 2.05) is 53.2 Å². The second-order valence-electron chi connectivity index (χ2n) is 7.04. The Morgan fingerprint density at radius 3 is 2.17 bits per heavy atom. The van der Waals surface area contributed by atoms with E-state index in [0.29, 0.717) is 10.8 Å². The van der Waals surface area contributed by atoms with E-state index >= 15 is 0 Å². The van der Waals surface area contributed by atoms with Gasteiger partial charge in [0.15, 0.2) is 0 Å². The van der Waals surface area contributed by atoms with Gasteiger partial charge in [-0.1, -0.05) is 48.9 Å². The summed E-state index contributed by atoms with van der Waals surface area (Å²) in [6, 6.07) is 24.1. The molecule has 1 aromatic heterocycles. The standard InChI is InChI=1S/C23H20ClN3O2S/c1-16(17-5-3-2-4-6-17)22-15-27(20-11-9-19(24)10-12-20)23(26-22)18-7-13-21(14-8-18)30(25,28)29/h2-16H,1H3,(H2,25,28,29). The quantitative estimate of drug-likeness (QED) is 0.477. The number of nitrogens with two attached hydrogens (primary N) is 1. The topological polar surface area (TPSA) is 78.0 Å². The van der Waals surface area contributed by atoms with Crippen molar-refractivity contribution in [3.63, 3.8) is 0 Å². The maximum absolute atomic E-state index is 11.6. The van der Waals surface area contributed by atoms with E-state index in [1.165, 1.54) is 12.1 Å². The van der Waals surface area contributed by atoms with Crippen molar-refractivity contribution >= 4 is 21.6 Å². The average molecular weight is 438 g/mol. The summed E-state index contributed by atoms with van der Waals surface area (Å²) in [5.41, 5.74) is 3.75. The normalized spacial score (nSPS) is 12.6. The molecule has 152 valence electrons. The highest BCUT2D eigenvalue weighted by atomic mass is 35.5. The molecular weight excluding hydrogens is 418 g/mol. The van der Waals surface area contributed by atoms with Crippen LogP contribution in [0.5, 0.6) is 0 Å². The molecule has 0 radical (unpaired) electrons. The van der Waals surface area contributed by atoms with Crippen LogP contribution in [0.4, 0.5) is 0 Å². The lowest BCUT2D eigenvalue weighted by Crippen LogP contribution is -2.11. The van der Waals surface area contributed by atoms with Gasteiger partial charge in [0.2, 0.25) is 10.0 Å². The highest BCUT2D eigenvalue weighted by Gasteiger charge is 2.18. The van der Waals surface area contributed by atoms with Crippen LogP contribution in [0.25, 0.3) is 17.1 Å². The van der Waals surface area contributed by atoms with Crippen LogP contribution in [0.3, 0.4) is 0 Å². The maximum atomic E-state index is 11.6. The Balaban J connectivity index is 1.83. The Labute approximate surface area is 180 Å². The molecule has 0 aliphatic carbocycles. The summed E-state index contributed by atoms with van der Waals surface area (Å²) in [6.07, 6.45) is 2.00. The first-order chi connectivity index (χ1) is 14.3. The van der Waals surface area contributed by atoms with Crippen LogP contribution in [-0.2, 0) is 10.0 Å². The molecule has 30 heavy (non-hydrogen) atoms. The third kappa shape index (κ3) is 4.16. The molecule has 3 aromatic carbocycles. The highest BCUT2D eigenvalue weighted by molar-refractivity contribution is 7.89. The van der Waals surface area contributed by atoms with Gasteiger partial charge in [0.25, 0.3) is 0 Å². The first-order valence-electron chi connectivity index (χ1n) is 9.36. The van der Waals surface area contributed by atoms with Crippen molar-refractivity contribution < 1.29 is 8.42 Å². The van der Waals surface area contributed by atoms with Crippen LogP contribution in [0.15, 0.2) is 90.0 Å². The van der Waals surface area contributed by atoms with Crippen LogP contribution < -0.4 is 5.14 Å². The van der Waals surface area contributed by atoms with E-state index in [2.05, 4.69) is 19.1 Å². The third-order valence-corrected chi connectivity index (χ3v) is 6.19. The molecule has 1 atom stereocenters. The van der Waals surface area contributed by atoms with Gasteiger partial charge in [0, 0.05) is 28.4 Å². The number of halogens is 1. The van der Waals surface area contributed by atoms with E-state index in [1.54, 1.807) is 12.1 Å². The Kier molecular flexibility index (Phi) is 5.47. The first-order valence-corrected chi connectivity index (χ1v) is 11.3. The van der Waals surface area contributed by atoms with Gasteiger partial charge in [-0.2, -0.15) is 0 Å². The second-order valence-corrected chi connectivity index (χ2v) is 9.04. The van der Waals surface area contributed by atoms with Crippen LogP contribution in [0.2, 0.25) is 5.02 Å². The number of benzene rings is 3. The van der Waals surface area contributed by atoms with E-state index < -0.39 is 10.0 Å². The zero-order valence-electron chi connectivity index (χ0n) is 16.2. The van der Waals surface area contributed by atoms with Crippen LogP contribution >= 0.6 is 11.6 Å². The predicted molar refractivity (Wildman–Crippen MR) is 119 cm³/mol. The van der Waals surface area contributed by atoms with E-state index in [4.69, 9.17) is 21.7 Å². The largest absolute Gasteiger partial charge is 0.299 e. The molecule has 0 bridgehead atoms. The van der Waals surface area contributed by atoms with Crippen molar-refractivity contribution in [1.82, 2.24) is 9.55 Å². The number of primary sulfonamides is 1. The number of nitrogens with zero attached hydrogens (tertiary/aromatic N) is 2. The summed E-state index contributed by atoms with van der Waals surface area (Å²) >= 11 is 6.06. The van der Waals surface area contributed by atoms with Crippen LogP contribution in [0, 0.1) is 0 Å². The van der Waals surface area contributed by atoms with Gasteiger partial charge >= 0.3 is 0 Å². The number of hydrogen-bond donors (Lipinski definition) is 1. The van der Waals surface area contributed by atoms with E-state index in [-0.39, 0.29) is 10.8 Å². The summed E-state index contributed by atoms with van der Waals surface area (Å²) in [5.74, 6) is 0.790. The summed E-state index contributed by atoms with van der Waals surface area (Å²) in [6.45, 7) is 2.11. The number of aromatic nitrogens is 2. The molecular formula is C23H20ClN3O2S. The summed E-state index contributed by atoms with van der Waals surface area (Å²) < 4.78 is 25.2. The Bertz CT molecular complexity index is 1270. The molecule has 0 spiro atoms. The highest BCUT2D eigenvalue weighted by Crippen LogP contribution is 2.30. The van der Waals surface area contributed by atoms with Gasteiger partial charge in [-0.3, -0.25) is 4.57 Å². The Morgan fingerprint density at radius 2 is 1.57 bits per heavy atom. The van der Waals surface area contributed by atoms with Crippen molar-refractivity contribution in [2.24, 2.45) is 5.14 Å². The van der Waals surface area contributed by atoms with Gasteiger partial charge in [-0.25, -0.2) is 18.5 Å². The summed E-state index contributed by atoms with van der Waals surface area (Å²) in [4.78, 5) is 4.96. The predicted octanol–water partition coefficient (Wildman–Crippen LogP) is 4.99. The maximum Gasteiger partial charge on any atom is 0.238 e. The number of hydrogen-bond acceptors (Lipinski definition) is 3. The molecule has 0 saturated carbocycles. The van der Waals surface area contributed by atoms with Gasteiger partial charge in [-0.15, -0.1) is 0 Å². The fourth-order valence-corrected chi connectivity index (χ4v) is 3.96. The Hall–Kier alpha value is -2.93. The van der Waals surface area contributed by atoms with E-state index in [0.717, 1.165) is 22.5 Å². The monoisotopic (exact) mass is 437 g/mol. The molecule has 4 rings (SSSR count). The number of sulfonamides is 1. The lowest BCUT2D eigenvalue weighted by atomic mass is 9.99. The molecule has 1 heterocycles. The number of imidazole rings is 1. The lowest BCUT2D eigenvalue weighted by molar-refractivity contribution is 0.598. The summed E-state index contributed by atoms with van der Waals surface area (Å²) in [7, 11) is -3.75.